The molecule has 0 spiro atoms. The minimum atomic E-state index is -3.17. The Morgan fingerprint density at radius 3 is 2.43 bits per heavy atom. The Morgan fingerprint density at radius 2 is 1.90 bits per heavy atom. The molecule has 0 amide bonds. The number of nitrogens with two attached hydrogens (primary N) is 1. The van der Waals surface area contributed by atoms with Gasteiger partial charge in [-0.15, -0.1) is 0 Å². The zero-order chi connectivity index (χ0) is 15.6. The summed E-state index contributed by atoms with van der Waals surface area (Å²) in [7, 11) is -3.17. The van der Waals surface area contributed by atoms with E-state index in [4.69, 9.17) is 10.5 Å². The van der Waals surface area contributed by atoms with E-state index < -0.39 is 15.8 Å². The van der Waals surface area contributed by atoms with Crippen molar-refractivity contribution in [2.45, 2.75) is 6.92 Å². The van der Waals surface area contributed by atoms with Crippen LogP contribution in [0.4, 0.5) is 15.8 Å². The molecule has 0 radical (unpaired) electrons. The second-order valence-corrected chi connectivity index (χ2v) is 6.91. The number of halogens is 1. The molecule has 0 bridgehead atoms. The second kappa shape index (κ2) is 6.07. The molecule has 0 aromatic heterocycles. The summed E-state index contributed by atoms with van der Waals surface area (Å²) in [6, 6.07) is 2.81. The number of piperazine rings is 1. The summed E-state index contributed by atoms with van der Waals surface area (Å²) in [6.07, 6.45) is 1.20. The Kier molecular flexibility index (Phi) is 4.58. The fraction of sp³-hybridized carbons (Fsp3) is 0.538. The molecule has 1 saturated heterocycles. The molecule has 6 nitrogen and oxygen atoms in total. The van der Waals surface area contributed by atoms with Crippen LogP contribution in [0.5, 0.6) is 5.75 Å². The quantitative estimate of drug-likeness (QED) is 0.835. The van der Waals surface area contributed by atoms with Gasteiger partial charge >= 0.3 is 0 Å². The molecule has 0 aliphatic carbocycles. The Bertz CT molecular complexity index is 613. The first-order chi connectivity index (χ1) is 9.82. The summed E-state index contributed by atoms with van der Waals surface area (Å²) < 4.78 is 43.3. The predicted octanol–water partition coefficient (Wildman–Crippen LogP) is 0.888. The highest BCUT2D eigenvalue weighted by molar-refractivity contribution is 7.88. The molecule has 1 aromatic carbocycles. The van der Waals surface area contributed by atoms with Crippen LogP contribution in [0.25, 0.3) is 0 Å². The number of rotatable bonds is 4. The average Bonchev–Trinajstić information content (AvgIpc) is 2.41. The molecular formula is C13H20FN3O3S. The fourth-order valence-electron chi connectivity index (χ4n) is 2.36. The number of ether oxygens (including phenoxy) is 1. The fourth-order valence-corrected chi connectivity index (χ4v) is 3.19. The van der Waals surface area contributed by atoms with Gasteiger partial charge in [0, 0.05) is 38.3 Å². The lowest BCUT2D eigenvalue weighted by Crippen LogP contribution is -2.48. The highest BCUT2D eigenvalue weighted by Crippen LogP contribution is 2.31. The number of anilines is 2. The van der Waals surface area contributed by atoms with Gasteiger partial charge in [0.25, 0.3) is 0 Å². The zero-order valence-electron chi connectivity index (χ0n) is 12.2. The Hall–Kier alpha value is -1.54. The molecule has 1 aliphatic heterocycles. The first-order valence-corrected chi connectivity index (χ1v) is 8.59. The topological polar surface area (TPSA) is 75.9 Å². The molecule has 2 rings (SSSR count). The maximum atomic E-state index is 13.7. The third-order valence-electron chi connectivity index (χ3n) is 3.43. The third kappa shape index (κ3) is 3.56. The summed E-state index contributed by atoms with van der Waals surface area (Å²) in [6.45, 7) is 3.94. The van der Waals surface area contributed by atoms with Crippen LogP contribution in [-0.4, -0.2) is 51.8 Å². The van der Waals surface area contributed by atoms with Crippen LogP contribution in [0.15, 0.2) is 12.1 Å². The summed E-state index contributed by atoms with van der Waals surface area (Å²) in [4.78, 5) is 1.94. The number of nitrogens with zero attached hydrogens (tertiary/aromatic N) is 2. The molecule has 1 aromatic rings. The van der Waals surface area contributed by atoms with Crippen LogP contribution in [0.2, 0.25) is 0 Å². The summed E-state index contributed by atoms with van der Waals surface area (Å²) in [5.74, 6) is -0.333. The van der Waals surface area contributed by atoms with E-state index in [0.717, 1.165) is 0 Å². The smallest absolute Gasteiger partial charge is 0.211 e. The van der Waals surface area contributed by atoms with Crippen LogP contribution in [0, 0.1) is 5.82 Å². The molecule has 0 saturated carbocycles. The van der Waals surface area contributed by atoms with E-state index in [1.807, 2.05) is 4.90 Å². The molecule has 0 atom stereocenters. The number of hydrogen-bond acceptors (Lipinski definition) is 5. The van der Waals surface area contributed by atoms with Gasteiger partial charge in [0.05, 0.1) is 24.2 Å². The van der Waals surface area contributed by atoms with Crippen molar-refractivity contribution in [3.63, 3.8) is 0 Å². The molecule has 1 fully saturated rings. The van der Waals surface area contributed by atoms with E-state index in [0.29, 0.717) is 44.2 Å². The van der Waals surface area contributed by atoms with Crippen molar-refractivity contribution >= 4 is 21.4 Å². The van der Waals surface area contributed by atoms with E-state index in [2.05, 4.69) is 0 Å². The van der Waals surface area contributed by atoms with Gasteiger partial charge < -0.3 is 15.4 Å². The van der Waals surface area contributed by atoms with Gasteiger partial charge in [0.1, 0.15) is 0 Å². The summed E-state index contributed by atoms with van der Waals surface area (Å²) in [5, 5.41) is 0. The zero-order valence-corrected chi connectivity index (χ0v) is 13.0. The van der Waals surface area contributed by atoms with Gasteiger partial charge in [-0.25, -0.2) is 12.8 Å². The SMILES string of the molecule is CCOc1cc(N2CCN(S(C)(=O)=O)CC2)c(N)cc1F. The molecule has 1 heterocycles. The lowest BCUT2D eigenvalue weighted by atomic mass is 10.2. The second-order valence-electron chi connectivity index (χ2n) is 4.92. The number of nitrogen functional groups attached to an aromatic ring is 1. The largest absolute Gasteiger partial charge is 0.491 e. The van der Waals surface area contributed by atoms with Crippen molar-refractivity contribution in [2.75, 3.05) is 49.7 Å². The van der Waals surface area contributed by atoms with E-state index >= 15 is 0 Å². The first kappa shape index (κ1) is 15.8. The average molecular weight is 317 g/mol. The molecule has 8 heteroatoms. The van der Waals surface area contributed by atoms with Crippen LogP contribution in [0.3, 0.4) is 0 Å². The Balaban J connectivity index is 2.18. The van der Waals surface area contributed by atoms with Crippen LogP contribution >= 0.6 is 0 Å². The number of sulfonamides is 1. The molecule has 2 N–H and O–H groups in total. The Morgan fingerprint density at radius 1 is 1.29 bits per heavy atom. The third-order valence-corrected chi connectivity index (χ3v) is 4.73. The standard InChI is InChI=1S/C13H20FN3O3S/c1-3-20-13-9-12(11(15)8-10(13)14)16-4-6-17(7-5-16)21(2,18)19/h8-9H,3-7,15H2,1-2H3. The summed E-state index contributed by atoms with van der Waals surface area (Å²) >= 11 is 0. The molecular weight excluding hydrogens is 297 g/mol. The lowest BCUT2D eigenvalue weighted by molar-refractivity contribution is 0.321. The first-order valence-electron chi connectivity index (χ1n) is 6.74. The lowest BCUT2D eigenvalue weighted by Gasteiger charge is -2.35. The van der Waals surface area contributed by atoms with E-state index in [9.17, 15) is 12.8 Å². The van der Waals surface area contributed by atoms with Gasteiger partial charge in [-0.3, -0.25) is 0 Å². The monoisotopic (exact) mass is 317 g/mol. The van der Waals surface area contributed by atoms with Crippen molar-refractivity contribution in [1.29, 1.82) is 0 Å². The van der Waals surface area contributed by atoms with Crippen molar-refractivity contribution < 1.29 is 17.5 Å². The van der Waals surface area contributed by atoms with Crippen LogP contribution in [0.1, 0.15) is 6.92 Å². The van der Waals surface area contributed by atoms with Gasteiger partial charge in [-0.05, 0) is 6.92 Å². The highest BCUT2D eigenvalue weighted by Gasteiger charge is 2.25. The molecule has 1 aliphatic rings. The van der Waals surface area contributed by atoms with E-state index in [1.54, 1.807) is 13.0 Å². The minimum absolute atomic E-state index is 0.159. The van der Waals surface area contributed by atoms with Crippen molar-refractivity contribution in [3.8, 4) is 5.75 Å². The Labute approximate surface area is 124 Å². The normalized spacial score (nSPS) is 17.0. The van der Waals surface area contributed by atoms with Gasteiger partial charge in [-0.2, -0.15) is 4.31 Å². The van der Waals surface area contributed by atoms with E-state index in [-0.39, 0.29) is 5.75 Å². The predicted molar refractivity (Wildman–Crippen MR) is 80.6 cm³/mol. The number of hydrogen-bond donors (Lipinski definition) is 1. The van der Waals surface area contributed by atoms with E-state index in [1.165, 1.54) is 16.6 Å². The summed E-state index contributed by atoms with van der Waals surface area (Å²) in [5.41, 5.74) is 6.87. The van der Waals surface area contributed by atoms with Crippen molar-refractivity contribution in [2.24, 2.45) is 0 Å². The minimum Gasteiger partial charge on any atom is -0.491 e. The molecule has 21 heavy (non-hydrogen) atoms. The van der Waals surface area contributed by atoms with Gasteiger partial charge in [0.2, 0.25) is 10.0 Å². The van der Waals surface area contributed by atoms with Gasteiger partial charge in [0.15, 0.2) is 11.6 Å². The maximum Gasteiger partial charge on any atom is 0.211 e. The van der Waals surface area contributed by atoms with Gasteiger partial charge in [-0.1, -0.05) is 0 Å². The molecule has 0 unspecified atom stereocenters. The van der Waals surface area contributed by atoms with Crippen LogP contribution in [-0.2, 0) is 10.0 Å². The maximum absolute atomic E-state index is 13.7. The van der Waals surface area contributed by atoms with Crippen LogP contribution < -0.4 is 15.4 Å². The van der Waals surface area contributed by atoms with Crippen molar-refractivity contribution in [1.82, 2.24) is 4.31 Å². The highest BCUT2D eigenvalue weighted by atomic mass is 32.2. The van der Waals surface area contributed by atoms with Crippen molar-refractivity contribution in [3.05, 3.63) is 17.9 Å². The number of benzene rings is 1. The molecule has 118 valence electrons.